The monoisotopic (exact) mass is 309 g/mol. The van der Waals surface area contributed by atoms with Gasteiger partial charge < -0.3 is 11.1 Å². The highest BCUT2D eigenvalue weighted by Crippen LogP contribution is 2.37. The Morgan fingerprint density at radius 1 is 1.29 bits per heavy atom. The molecule has 0 saturated heterocycles. The summed E-state index contributed by atoms with van der Waals surface area (Å²) in [6.07, 6.45) is 0.805. The summed E-state index contributed by atoms with van der Waals surface area (Å²) >= 11 is 1.48. The molecule has 1 aliphatic heterocycles. The number of primary amides is 1. The van der Waals surface area contributed by atoms with Gasteiger partial charge in [0.1, 0.15) is 5.00 Å². The lowest BCUT2D eigenvalue weighted by Crippen LogP contribution is -2.35. The lowest BCUT2D eigenvalue weighted by Gasteiger charge is -2.30. The maximum absolute atomic E-state index is 11.9. The number of carbonyl (C=O) groups excluding carboxylic acids is 2. The van der Waals surface area contributed by atoms with Crippen LogP contribution in [0, 0.1) is 5.92 Å². The van der Waals surface area contributed by atoms with Gasteiger partial charge in [-0.15, -0.1) is 11.3 Å². The van der Waals surface area contributed by atoms with E-state index in [4.69, 9.17) is 5.73 Å². The first-order chi connectivity index (χ1) is 9.81. The highest BCUT2D eigenvalue weighted by atomic mass is 32.1. The Bertz CT molecular complexity index is 564. The maximum atomic E-state index is 11.9. The third-order valence-corrected chi connectivity index (χ3v) is 4.96. The Labute approximate surface area is 129 Å². The van der Waals surface area contributed by atoms with E-state index >= 15 is 0 Å². The van der Waals surface area contributed by atoms with Gasteiger partial charge in [0.25, 0.3) is 5.91 Å². The first-order valence-electron chi connectivity index (χ1n) is 7.30. The van der Waals surface area contributed by atoms with E-state index in [0.29, 0.717) is 16.6 Å². The normalized spacial score (nSPS) is 15.3. The summed E-state index contributed by atoms with van der Waals surface area (Å²) in [7, 11) is 0. The average Bonchev–Trinajstić information content (AvgIpc) is 2.74. The van der Waals surface area contributed by atoms with E-state index in [1.54, 1.807) is 0 Å². The molecule has 6 heteroatoms. The van der Waals surface area contributed by atoms with E-state index < -0.39 is 5.91 Å². The third kappa shape index (κ3) is 3.27. The molecule has 0 spiro atoms. The van der Waals surface area contributed by atoms with Crippen LogP contribution in [-0.2, 0) is 17.8 Å². The molecular weight excluding hydrogens is 286 g/mol. The van der Waals surface area contributed by atoms with Crippen molar-refractivity contribution in [3.8, 4) is 0 Å². The average molecular weight is 309 g/mol. The quantitative estimate of drug-likeness (QED) is 0.895. The van der Waals surface area contributed by atoms with E-state index in [2.05, 4.69) is 24.1 Å². The Morgan fingerprint density at radius 3 is 2.48 bits per heavy atom. The van der Waals surface area contributed by atoms with Crippen molar-refractivity contribution in [3.63, 3.8) is 0 Å². The number of thiophene rings is 1. The Kier molecular flexibility index (Phi) is 4.68. The zero-order chi connectivity index (χ0) is 15.7. The predicted octanol–water partition coefficient (Wildman–Crippen LogP) is 2.21. The summed E-state index contributed by atoms with van der Waals surface area (Å²) in [5.74, 6) is -0.668. The molecule has 116 valence electrons. The fourth-order valence-corrected chi connectivity index (χ4v) is 3.75. The van der Waals surface area contributed by atoms with Crippen LogP contribution in [0.3, 0.4) is 0 Å². The number of fused-ring (bicyclic) bond motifs is 1. The molecule has 0 aromatic carbocycles. The van der Waals surface area contributed by atoms with Crippen LogP contribution in [0.4, 0.5) is 5.00 Å². The van der Waals surface area contributed by atoms with E-state index in [1.807, 2.05) is 13.8 Å². The van der Waals surface area contributed by atoms with Crippen molar-refractivity contribution < 1.29 is 9.59 Å². The SMILES string of the molecule is CC(C)C(=O)Nc1sc2c(c1C(N)=O)CCN(C(C)C)C2. The van der Waals surface area contributed by atoms with E-state index in [-0.39, 0.29) is 11.8 Å². The smallest absolute Gasteiger partial charge is 0.251 e. The van der Waals surface area contributed by atoms with E-state index in [9.17, 15) is 9.59 Å². The number of nitrogens with one attached hydrogen (secondary N) is 1. The molecule has 2 rings (SSSR count). The highest BCUT2D eigenvalue weighted by Gasteiger charge is 2.28. The molecule has 3 N–H and O–H groups in total. The molecule has 0 atom stereocenters. The Morgan fingerprint density at radius 2 is 1.95 bits per heavy atom. The summed E-state index contributed by atoms with van der Waals surface area (Å²) in [5.41, 5.74) is 7.06. The number of hydrogen-bond acceptors (Lipinski definition) is 4. The summed E-state index contributed by atoms with van der Waals surface area (Å²) in [6.45, 7) is 9.71. The summed E-state index contributed by atoms with van der Waals surface area (Å²) in [6, 6.07) is 0.464. The molecule has 5 nitrogen and oxygen atoms in total. The Balaban J connectivity index is 2.35. The fourth-order valence-electron chi connectivity index (χ4n) is 2.47. The van der Waals surface area contributed by atoms with Gasteiger partial charge >= 0.3 is 0 Å². The van der Waals surface area contributed by atoms with Crippen molar-refractivity contribution in [2.45, 2.75) is 46.7 Å². The fraction of sp³-hybridized carbons (Fsp3) is 0.600. The minimum absolute atomic E-state index is 0.0863. The largest absolute Gasteiger partial charge is 0.365 e. The zero-order valence-electron chi connectivity index (χ0n) is 13.0. The van der Waals surface area contributed by atoms with E-state index in [1.165, 1.54) is 11.3 Å². The van der Waals surface area contributed by atoms with Crippen LogP contribution in [0.25, 0.3) is 0 Å². The van der Waals surface area contributed by atoms with Crippen LogP contribution < -0.4 is 11.1 Å². The number of nitrogens with two attached hydrogens (primary N) is 1. The van der Waals surface area contributed by atoms with E-state index in [0.717, 1.165) is 30.0 Å². The summed E-state index contributed by atoms with van der Waals surface area (Å²) in [4.78, 5) is 27.2. The van der Waals surface area contributed by atoms with Gasteiger partial charge in [0.2, 0.25) is 5.91 Å². The second-order valence-electron chi connectivity index (χ2n) is 6.03. The third-order valence-electron chi connectivity index (χ3n) is 3.82. The van der Waals surface area contributed by atoms with Gasteiger partial charge in [0.05, 0.1) is 5.56 Å². The molecule has 0 unspecified atom stereocenters. The molecule has 2 heterocycles. The van der Waals surface area contributed by atoms with Crippen molar-refractivity contribution >= 4 is 28.2 Å². The van der Waals surface area contributed by atoms with Crippen LogP contribution in [0.5, 0.6) is 0 Å². The number of amides is 2. The number of anilines is 1. The van der Waals surface area contributed by atoms with Crippen LogP contribution in [-0.4, -0.2) is 29.3 Å². The molecule has 1 aromatic heterocycles. The van der Waals surface area contributed by atoms with Crippen LogP contribution in [0.1, 0.15) is 48.5 Å². The number of nitrogens with zero attached hydrogens (tertiary/aromatic N) is 1. The first-order valence-corrected chi connectivity index (χ1v) is 8.12. The van der Waals surface area contributed by atoms with Gasteiger partial charge in [-0.1, -0.05) is 13.8 Å². The second kappa shape index (κ2) is 6.15. The molecule has 1 aliphatic rings. The minimum atomic E-state index is -0.454. The minimum Gasteiger partial charge on any atom is -0.365 e. The summed E-state index contributed by atoms with van der Waals surface area (Å²) in [5, 5.41) is 3.46. The number of carbonyl (C=O) groups is 2. The molecule has 0 saturated carbocycles. The van der Waals surface area contributed by atoms with Gasteiger partial charge in [-0.25, -0.2) is 0 Å². The summed E-state index contributed by atoms with van der Waals surface area (Å²) < 4.78 is 0. The van der Waals surface area contributed by atoms with Crippen molar-refractivity contribution in [1.82, 2.24) is 4.90 Å². The maximum Gasteiger partial charge on any atom is 0.251 e. The predicted molar refractivity (Wildman–Crippen MR) is 85.6 cm³/mol. The molecule has 1 aromatic rings. The molecule has 0 fully saturated rings. The molecular formula is C15H23N3O2S. The highest BCUT2D eigenvalue weighted by molar-refractivity contribution is 7.17. The van der Waals surface area contributed by atoms with Crippen molar-refractivity contribution in [2.75, 3.05) is 11.9 Å². The van der Waals surface area contributed by atoms with Gasteiger partial charge in [-0.3, -0.25) is 14.5 Å². The number of rotatable bonds is 4. The zero-order valence-corrected chi connectivity index (χ0v) is 13.8. The molecule has 2 amide bonds. The van der Waals surface area contributed by atoms with Crippen molar-refractivity contribution in [3.05, 3.63) is 16.0 Å². The standard InChI is InChI=1S/C15H23N3O2S/c1-8(2)14(20)17-15-12(13(16)19)10-5-6-18(9(3)4)7-11(10)21-15/h8-9H,5-7H2,1-4H3,(H2,16,19)(H,17,20). The second-order valence-corrected chi connectivity index (χ2v) is 7.14. The lowest BCUT2D eigenvalue weighted by atomic mass is 10.0. The van der Waals surface area contributed by atoms with Gasteiger partial charge in [0, 0.05) is 29.9 Å². The van der Waals surface area contributed by atoms with Crippen LogP contribution >= 0.6 is 11.3 Å². The number of hydrogen-bond donors (Lipinski definition) is 2. The molecule has 0 radical (unpaired) electrons. The van der Waals surface area contributed by atoms with Gasteiger partial charge in [0.15, 0.2) is 0 Å². The molecule has 0 bridgehead atoms. The Hall–Kier alpha value is -1.40. The van der Waals surface area contributed by atoms with Crippen LogP contribution in [0.2, 0.25) is 0 Å². The lowest BCUT2D eigenvalue weighted by molar-refractivity contribution is -0.118. The first kappa shape index (κ1) is 16.0. The van der Waals surface area contributed by atoms with Crippen LogP contribution in [0.15, 0.2) is 0 Å². The van der Waals surface area contributed by atoms with Gasteiger partial charge in [-0.05, 0) is 25.8 Å². The van der Waals surface area contributed by atoms with Gasteiger partial charge in [-0.2, -0.15) is 0 Å². The van der Waals surface area contributed by atoms with Crippen molar-refractivity contribution in [1.29, 1.82) is 0 Å². The molecule has 0 aliphatic carbocycles. The topological polar surface area (TPSA) is 75.4 Å². The van der Waals surface area contributed by atoms with Crippen molar-refractivity contribution in [2.24, 2.45) is 11.7 Å². The molecule has 21 heavy (non-hydrogen) atoms.